The van der Waals surface area contributed by atoms with Gasteiger partial charge < -0.3 is 18.7 Å². The van der Waals surface area contributed by atoms with Gasteiger partial charge in [-0.1, -0.05) is 135 Å². The van der Waals surface area contributed by atoms with Crippen LogP contribution in [-0.2, 0) is 6.54 Å². The molecule has 0 aliphatic carbocycles. The molecule has 10 heteroatoms. The van der Waals surface area contributed by atoms with Crippen molar-refractivity contribution in [2.75, 3.05) is 13.7 Å². The van der Waals surface area contributed by atoms with Crippen LogP contribution in [0.25, 0.3) is 22.7 Å². The Balaban J connectivity index is 1.17. The second kappa shape index (κ2) is 24.1. The van der Waals surface area contributed by atoms with Gasteiger partial charge in [0.1, 0.15) is 5.75 Å². The van der Waals surface area contributed by atoms with Gasteiger partial charge in [-0.25, -0.2) is 4.79 Å². The second-order valence-electron chi connectivity index (χ2n) is 13.8. The van der Waals surface area contributed by atoms with Crippen LogP contribution in [0.5, 0.6) is 17.2 Å². The van der Waals surface area contributed by atoms with Gasteiger partial charge in [0.15, 0.2) is 23.0 Å². The number of methoxy groups -OCH3 is 1. The summed E-state index contributed by atoms with van der Waals surface area (Å²) >= 11 is 0. The third-order valence-electron chi connectivity index (χ3n) is 9.41. The number of hydrogen-bond donors (Lipinski definition) is 0. The minimum Gasteiger partial charge on any atom is -0.494 e. The van der Waals surface area contributed by atoms with Gasteiger partial charge in [-0.2, -0.15) is 4.80 Å². The molecule has 0 aliphatic rings. The van der Waals surface area contributed by atoms with Gasteiger partial charge in [0.05, 0.1) is 20.3 Å². The molecule has 52 heavy (non-hydrogen) atoms. The van der Waals surface area contributed by atoms with Crippen LogP contribution in [0.3, 0.4) is 0 Å². The first-order chi connectivity index (χ1) is 25.6. The monoisotopic (exact) mass is 715 g/mol. The van der Waals surface area contributed by atoms with Crippen molar-refractivity contribution in [3.05, 3.63) is 54.2 Å². The largest absolute Gasteiger partial charge is 0.494 e. The standard InChI is InChI=1S/C42H61N5O5/c1-4-6-8-10-12-14-15-16-17-18-20-22-30-47-44-41(43-46-47)35-26-29-38(40(32-35)49-3)51-42(48)37-33-39(52-45-37)34-24-27-36(28-25-34)50-31-23-21-19-13-11-9-7-5-2/h24-29,32-33H,4-23,30-31H2,1-3H3. The van der Waals surface area contributed by atoms with Crippen molar-refractivity contribution in [3.8, 4) is 40.0 Å². The summed E-state index contributed by atoms with van der Waals surface area (Å²) in [5.41, 5.74) is 1.55. The zero-order valence-corrected chi connectivity index (χ0v) is 32.0. The predicted molar refractivity (Wildman–Crippen MR) is 206 cm³/mol. The maximum absolute atomic E-state index is 13.0. The number of aromatic nitrogens is 5. The fourth-order valence-corrected chi connectivity index (χ4v) is 6.24. The van der Waals surface area contributed by atoms with Crippen molar-refractivity contribution in [3.63, 3.8) is 0 Å². The first-order valence-electron chi connectivity index (χ1n) is 20.0. The molecule has 0 atom stereocenters. The third kappa shape index (κ3) is 14.4. The molecule has 0 unspecified atom stereocenters. The quantitative estimate of drug-likeness (QED) is 0.0322. The predicted octanol–water partition coefficient (Wildman–Crippen LogP) is 11.4. The first kappa shape index (κ1) is 40.6. The minimum absolute atomic E-state index is 0.0542. The summed E-state index contributed by atoms with van der Waals surface area (Å²) in [5.74, 6) is 1.72. The van der Waals surface area contributed by atoms with Gasteiger partial charge in [0.25, 0.3) is 0 Å². The number of carbonyl (C=O) groups is 1. The molecule has 0 bridgehead atoms. The summed E-state index contributed by atoms with van der Waals surface area (Å²) in [6.07, 6.45) is 25.8. The van der Waals surface area contributed by atoms with Crippen molar-refractivity contribution >= 4 is 5.97 Å². The van der Waals surface area contributed by atoms with Crippen LogP contribution in [0.4, 0.5) is 0 Å². The third-order valence-corrected chi connectivity index (χ3v) is 9.41. The van der Waals surface area contributed by atoms with E-state index in [0.717, 1.165) is 37.1 Å². The van der Waals surface area contributed by atoms with Crippen LogP contribution < -0.4 is 14.2 Å². The molecule has 10 nitrogen and oxygen atoms in total. The lowest BCUT2D eigenvalue weighted by Gasteiger charge is -2.09. The molecule has 0 radical (unpaired) electrons. The van der Waals surface area contributed by atoms with Gasteiger partial charge in [-0.15, -0.1) is 10.2 Å². The number of ether oxygens (including phenoxy) is 3. The Morgan fingerprint density at radius 3 is 1.87 bits per heavy atom. The Labute approximate surface area is 311 Å². The first-order valence-corrected chi connectivity index (χ1v) is 20.0. The molecule has 0 N–H and O–H groups in total. The maximum Gasteiger partial charge on any atom is 0.366 e. The van der Waals surface area contributed by atoms with E-state index in [1.807, 2.05) is 24.3 Å². The SMILES string of the molecule is CCCCCCCCCCCCCCn1nnc(-c2ccc(OC(=O)c3cc(-c4ccc(OCCCCCCCCCC)cc4)on3)c(OC)c2)n1. The summed E-state index contributed by atoms with van der Waals surface area (Å²) in [4.78, 5) is 14.6. The minimum atomic E-state index is -0.655. The highest BCUT2D eigenvalue weighted by atomic mass is 16.6. The van der Waals surface area contributed by atoms with Gasteiger partial charge in [0, 0.05) is 17.2 Å². The van der Waals surface area contributed by atoms with E-state index in [4.69, 9.17) is 18.7 Å². The number of tetrazole rings is 1. The van der Waals surface area contributed by atoms with Crippen LogP contribution in [0.2, 0.25) is 0 Å². The Bertz CT molecular complexity index is 1550. The molecule has 0 amide bonds. The Morgan fingerprint density at radius 2 is 1.25 bits per heavy atom. The molecular weight excluding hydrogens is 654 g/mol. The molecular formula is C42H61N5O5. The van der Waals surface area contributed by atoms with Crippen molar-refractivity contribution < 1.29 is 23.5 Å². The van der Waals surface area contributed by atoms with Gasteiger partial charge in [-0.3, -0.25) is 0 Å². The van der Waals surface area contributed by atoms with Crippen molar-refractivity contribution in [2.45, 2.75) is 149 Å². The van der Waals surface area contributed by atoms with Crippen LogP contribution in [0, 0.1) is 0 Å². The van der Waals surface area contributed by atoms with Gasteiger partial charge in [-0.05, 0) is 60.5 Å². The molecule has 4 rings (SSSR count). The highest BCUT2D eigenvalue weighted by Crippen LogP contribution is 2.32. The van der Waals surface area contributed by atoms with E-state index in [-0.39, 0.29) is 11.4 Å². The smallest absolute Gasteiger partial charge is 0.366 e. The fraction of sp³-hybridized carbons (Fsp3) is 0.595. The lowest BCUT2D eigenvalue weighted by Crippen LogP contribution is -2.09. The van der Waals surface area contributed by atoms with E-state index < -0.39 is 5.97 Å². The molecule has 0 aliphatic heterocycles. The Morgan fingerprint density at radius 1 is 0.673 bits per heavy atom. The highest BCUT2D eigenvalue weighted by Gasteiger charge is 2.19. The van der Waals surface area contributed by atoms with Gasteiger partial charge >= 0.3 is 5.97 Å². The molecule has 0 saturated carbocycles. The number of unbranched alkanes of at least 4 members (excludes halogenated alkanes) is 18. The number of aryl methyl sites for hydroxylation is 1. The normalized spacial score (nSPS) is 11.2. The van der Waals surface area contributed by atoms with Gasteiger partial charge in [0.2, 0.25) is 5.82 Å². The van der Waals surface area contributed by atoms with Crippen LogP contribution in [0.1, 0.15) is 153 Å². The zero-order chi connectivity index (χ0) is 36.6. The van der Waals surface area contributed by atoms with Crippen LogP contribution in [0.15, 0.2) is 53.1 Å². The summed E-state index contributed by atoms with van der Waals surface area (Å²) in [7, 11) is 1.52. The second-order valence-corrected chi connectivity index (χ2v) is 13.8. The molecule has 2 aromatic carbocycles. The lowest BCUT2D eigenvalue weighted by atomic mass is 10.1. The number of esters is 1. The van der Waals surface area contributed by atoms with E-state index >= 15 is 0 Å². The number of rotatable bonds is 28. The Kier molecular flexibility index (Phi) is 18.8. The summed E-state index contributed by atoms with van der Waals surface area (Å²) in [6.45, 7) is 5.94. The fourth-order valence-electron chi connectivity index (χ4n) is 6.24. The van der Waals surface area contributed by atoms with Crippen molar-refractivity contribution in [2.24, 2.45) is 0 Å². The highest BCUT2D eigenvalue weighted by molar-refractivity contribution is 5.90. The number of nitrogens with zero attached hydrogens (tertiary/aromatic N) is 5. The average Bonchev–Trinajstić information content (AvgIpc) is 3.86. The van der Waals surface area contributed by atoms with E-state index in [1.165, 1.54) is 116 Å². The Hall–Kier alpha value is -4.21. The molecule has 0 saturated heterocycles. The summed E-state index contributed by atoms with van der Waals surface area (Å²) in [6, 6.07) is 14.3. The number of benzene rings is 2. The molecule has 0 fully saturated rings. The van der Waals surface area contributed by atoms with Crippen LogP contribution in [-0.4, -0.2) is 45.0 Å². The lowest BCUT2D eigenvalue weighted by molar-refractivity contribution is 0.0719. The van der Waals surface area contributed by atoms with Crippen LogP contribution >= 0.6 is 0 Å². The molecule has 284 valence electrons. The summed E-state index contributed by atoms with van der Waals surface area (Å²) < 4.78 is 22.6. The molecule has 2 aromatic heterocycles. The zero-order valence-electron chi connectivity index (χ0n) is 32.0. The molecule has 4 aromatic rings. The number of carbonyl (C=O) groups excluding carboxylic acids is 1. The topological polar surface area (TPSA) is 114 Å². The van der Waals surface area contributed by atoms with E-state index in [1.54, 1.807) is 29.1 Å². The van der Waals surface area contributed by atoms with Crippen molar-refractivity contribution in [1.82, 2.24) is 25.4 Å². The summed E-state index contributed by atoms with van der Waals surface area (Å²) in [5, 5.41) is 17.0. The molecule has 2 heterocycles. The van der Waals surface area contributed by atoms with E-state index in [9.17, 15) is 4.79 Å². The van der Waals surface area contributed by atoms with Crippen molar-refractivity contribution in [1.29, 1.82) is 0 Å². The number of hydrogen-bond acceptors (Lipinski definition) is 9. The van der Waals surface area contributed by atoms with E-state index in [2.05, 4.69) is 34.4 Å². The van der Waals surface area contributed by atoms with E-state index in [0.29, 0.717) is 29.5 Å². The maximum atomic E-state index is 13.0. The molecule has 0 spiro atoms. The average molecular weight is 716 g/mol.